The first-order chi connectivity index (χ1) is 10.3. The monoisotopic (exact) mass is 308 g/mol. The van der Waals surface area contributed by atoms with Crippen molar-refractivity contribution < 1.29 is 14.4 Å². The second-order valence-electron chi connectivity index (χ2n) is 5.49. The SMILES string of the molecule is C[C@@H]1C(=O)N[C@H](C)C(=O)N[C@H](C)C(=O)N[C@H](C)c2cn1nn2. The molecular weight excluding hydrogens is 288 g/mol. The molecule has 120 valence electrons. The van der Waals surface area contributed by atoms with Crippen LogP contribution < -0.4 is 16.0 Å². The molecule has 0 radical (unpaired) electrons. The second-order valence-corrected chi connectivity index (χ2v) is 5.49. The van der Waals surface area contributed by atoms with Crippen LogP contribution in [-0.4, -0.2) is 44.8 Å². The lowest BCUT2D eigenvalue weighted by molar-refractivity contribution is -0.132. The zero-order valence-electron chi connectivity index (χ0n) is 13.0. The summed E-state index contributed by atoms with van der Waals surface area (Å²) in [6.45, 7) is 6.55. The summed E-state index contributed by atoms with van der Waals surface area (Å²) >= 11 is 0. The Bertz CT molecular complexity index is 598. The van der Waals surface area contributed by atoms with Crippen molar-refractivity contribution in [2.75, 3.05) is 0 Å². The Morgan fingerprint density at radius 3 is 1.95 bits per heavy atom. The van der Waals surface area contributed by atoms with Crippen LogP contribution in [0.15, 0.2) is 6.20 Å². The molecule has 0 saturated carbocycles. The van der Waals surface area contributed by atoms with Gasteiger partial charge in [-0.3, -0.25) is 14.4 Å². The van der Waals surface area contributed by atoms with Gasteiger partial charge in [0.1, 0.15) is 23.8 Å². The number of nitrogens with zero attached hydrogens (tertiary/aromatic N) is 3. The summed E-state index contributed by atoms with van der Waals surface area (Å²) in [5.74, 6) is -1.10. The molecule has 22 heavy (non-hydrogen) atoms. The molecule has 2 bridgehead atoms. The van der Waals surface area contributed by atoms with Gasteiger partial charge in [0, 0.05) is 0 Å². The highest BCUT2D eigenvalue weighted by molar-refractivity contribution is 5.92. The Balaban J connectivity index is 2.32. The predicted octanol–water partition coefficient (Wildman–Crippen LogP) is -0.961. The Kier molecular flexibility index (Phi) is 4.43. The molecule has 9 heteroatoms. The van der Waals surface area contributed by atoms with Crippen molar-refractivity contribution in [3.8, 4) is 0 Å². The summed E-state index contributed by atoms with van der Waals surface area (Å²) in [6, 6.07) is -2.47. The maximum atomic E-state index is 12.1. The number of amides is 3. The molecule has 4 atom stereocenters. The first-order valence-electron chi connectivity index (χ1n) is 7.12. The van der Waals surface area contributed by atoms with Gasteiger partial charge in [0.15, 0.2) is 0 Å². The van der Waals surface area contributed by atoms with Gasteiger partial charge in [-0.05, 0) is 27.7 Å². The van der Waals surface area contributed by atoms with Crippen LogP contribution >= 0.6 is 0 Å². The Morgan fingerprint density at radius 1 is 0.864 bits per heavy atom. The fourth-order valence-electron chi connectivity index (χ4n) is 2.01. The van der Waals surface area contributed by atoms with Crippen molar-refractivity contribution in [2.45, 2.75) is 51.9 Å². The Labute approximate surface area is 127 Å². The van der Waals surface area contributed by atoms with E-state index in [1.54, 1.807) is 33.9 Å². The van der Waals surface area contributed by atoms with Gasteiger partial charge >= 0.3 is 0 Å². The molecule has 3 amide bonds. The summed E-state index contributed by atoms with van der Waals surface area (Å²) in [7, 11) is 0. The third-order valence-corrected chi connectivity index (χ3v) is 3.61. The van der Waals surface area contributed by atoms with Crippen molar-refractivity contribution in [3.63, 3.8) is 0 Å². The van der Waals surface area contributed by atoms with Crippen LogP contribution in [-0.2, 0) is 14.4 Å². The summed E-state index contributed by atoms with van der Waals surface area (Å²) in [6.07, 6.45) is 1.61. The van der Waals surface area contributed by atoms with Crippen LogP contribution in [0.3, 0.4) is 0 Å². The van der Waals surface area contributed by atoms with Gasteiger partial charge in [-0.15, -0.1) is 5.10 Å². The fraction of sp³-hybridized carbons (Fsp3) is 0.615. The number of nitrogens with one attached hydrogen (secondary N) is 3. The molecule has 1 aromatic rings. The van der Waals surface area contributed by atoms with Crippen LogP contribution in [0.4, 0.5) is 0 Å². The normalized spacial score (nSPS) is 30.3. The smallest absolute Gasteiger partial charge is 0.245 e. The van der Waals surface area contributed by atoms with E-state index in [2.05, 4.69) is 26.3 Å². The number of rotatable bonds is 0. The van der Waals surface area contributed by atoms with Gasteiger partial charge in [-0.25, -0.2) is 4.68 Å². The summed E-state index contributed by atoms with van der Waals surface area (Å²) < 4.78 is 1.40. The van der Waals surface area contributed by atoms with E-state index in [1.807, 2.05) is 0 Å². The molecule has 2 rings (SSSR count). The van der Waals surface area contributed by atoms with Gasteiger partial charge in [0.25, 0.3) is 0 Å². The van der Waals surface area contributed by atoms with Gasteiger partial charge in [-0.1, -0.05) is 5.21 Å². The van der Waals surface area contributed by atoms with Crippen molar-refractivity contribution in [2.24, 2.45) is 0 Å². The van der Waals surface area contributed by atoms with Crippen LogP contribution in [0, 0.1) is 0 Å². The number of carbonyl (C=O) groups excluding carboxylic acids is 3. The molecule has 0 aromatic carbocycles. The van der Waals surface area contributed by atoms with E-state index in [1.165, 1.54) is 4.68 Å². The zero-order chi connectivity index (χ0) is 16.4. The number of aromatic nitrogens is 3. The van der Waals surface area contributed by atoms with Crippen LogP contribution in [0.25, 0.3) is 0 Å². The number of fused-ring (bicyclic) bond motifs is 2. The van der Waals surface area contributed by atoms with E-state index in [0.29, 0.717) is 5.69 Å². The number of hydrogen-bond donors (Lipinski definition) is 3. The maximum Gasteiger partial charge on any atom is 0.245 e. The second kappa shape index (κ2) is 6.12. The lowest BCUT2D eigenvalue weighted by Crippen LogP contribution is -2.52. The molecular formula is C13H20N6O3. The minimum atomic E-state index is -0.758. The van der Waals surface area contributed by atoms with E-state index in [-0.39, 0.29) is 17.9 Å². The van der Waals surface area contributed by atoms with E-state index >= 15 is 0 Å². The topological polar surface area (TPSA) is 118 Å². The Hall–Kier alpha value is -2.45. The molecule has 9 nitrogen and oxygen atoms in total. The molecule has 1 aliphatic rings. The molecule has 0 fully saturated rings. The minimum Gasteiger partial charge on any atom is -0.346 e. The van der Waals surface area contributed by atoms with E-state index in [4.69, 9.17) is 0 Å². The van der Waals surface area contributed by atoms with Crippen LogP contribution in [0.2, 0.25) is 0 Å². The molecule has 0 unspecified atom stereocenters. The predicted molar refractivity (Wildman–Crippen MR) is 76.5 cm³/mol. The summed E-state index contributed by atoms with van der Waals surface area (Å²) in [5, 5.41) is 15.8. The highest BCUT2D eigenvalue weighted by Crippen LogP contribution is 2.12. The lowest BCUT2D eigenvalue weighted by atomic mass is 10.2. The number of carbonyl (C=O) groups is 3. The highest BCUT2D eigenvalue weighted by atomic mass is 16.2. The van der Waals surface area contributed by atoms with E-state index in [9.17, 15) is 14.4 Å². The summed E-state index contributed by atoms with van der Waals surface area (Å²) in [5.41, 5.74) is 0.541. The first kappa shape index (κ1) is 15.9. The van der Waals surface area contributed by atoms with Crippen molar-refractivity contribution in [1.29, 1.82) is 0 Å². The van der Waals surface area contributed by atoms with Crippen molar-refractivity contribution in [3.05, 3.63) is 11.9 Å². The summed E-state index contributed by atoms with van der Waals surface area (Å²) in [4.78, 5) is 36.2. The first-order valence-corrected chi connectivity index (χ1v) is 7.12. The standard InChI is InChI=1S/C13H20N6O3/c1-6-10-5-19(18-17-10)9(4)13(22)16-8(3)12(21)15-7(2)11(20)14-6/h5-9H,1-4H3,(H,14,20)(H,15,21)(H,16,22)/t6-,7-,8-,9-/m1/s1. The molecule has 1 aliphatic heterocycles. The van der Waals surface area contributed by atoms with E-state index < -0.39 is 24.0 Å². The average Bonchev–Trinajstić information content (AvgIpc) is 2.94. The third-order valence-electron chi connectivity index (χ3n) is 3.61. The van der Waals surface area contributed by atoms with E-state index in [0.717, 1.165) is 0 Å². The molecule has 0 spiro atoms. The van der Waals surface area contributed by atoms with Gasteiger partial charge in [0.2, 0.25) is 17.7 Å². The molecule has 1 aromatic heterocycles. The fourth-order valence-corrected chi connectivity index (χ4v) is 2.01. The zero-order valence-corrected chi connectivity index (χ0v) is 13.0. The van der Waals surface area contributed by atoms with Crippen molar-refractivity contribution in [1.82, 2.24) is 30.9 Å². The van der Waals surface area contributed by atoms with Crippen LogP contribution in [0.5, 0.6) is 0 Å². The molecule has 0 saturated heterocycles. The van der Waals surface area contributed by atoms with Crippen molar-refractivity contribution >= 4 is 17.7 Å². The minimum absolute atomic E-state index is 0.332. The van der Waals surface area contributed by atoms with Gasteiger partial charge in [-0.2, -0.15) is 0 Å². The largest absolute Gasteiger partial charge is 0.346 e. The molecule has 0 aliphatic carbocycles. The third kappa shape index (κ3) is 3.23. The Morgan fingerprint density at radius 2 is 1.36 bits per heavy atom. The average molecular weight is 308 g/mol. The van der Waals surface area contributed by atoms with Crippen LogP contribution in [0.1, 0.15) is 45.5 Å². The van der Waals surface area contributed by atoms with Gasteiger partial charge < -0.3 is 16.0 Å². The number of hydrogen-bond acceptors (Lipinski definition) is 5. The molecule has 3 N–H and O–H groups in total. The highest BCUT2D eigenvalue weighted by Gasteiger charge is 2.26. The maximum absolute atomic E-state index is 12.1. The van der Waals surface area contributed by atoms with Gasteiger partial charge in [0.05, 0.1) is 12.2 Å². The quantitative estimate of drug-likeness (QED) is 0.570. The molecule has 2 heterocycles. The lowest BCUT2D eigenvalue weighted by Gasteiger charge is -2.20.